The van der Waals surface area contributed by atoms with Crippen molar-refractivity contribution in [3.05, 3.63) is 71.8 Å². The lowest BCUT2D eigenvalue weighted by molar-refractivity contribution is -0.120. The van der Waals surface area contributed by atoms with Crippen LogP contribution in [0.1, 0.15) is 28.4 Å². The topological polar surface area (TPSA) is 83.6 Å². The molecule has 2 aromatic rings. The summed E-state index contributed by atoms with van der Waals surface area (Å²) in [4.78, 5) is 25.3. The van der Waals surface area contributed by atoms with Crippen LogP contribution < -0.4 is 5.73 Å². The van der Waals surface area contributed by atoms with Gasteiger partial charge in [0, 0.05) is 19.0 Å². The molecule has 0 aliphatic carbocycles. The number of aliphatic hydroxyl groups is 1. The molecule has 120 valence electrons. The van der Waals surface area contributed by atoms with Crippen LogP contribution in [0.3, 0.4) is 0 Å². The van der Waals surface area contributed by atoms with Crippen molar-refractivity contribution >= 4 is 11.8 Å². The number of hydrogen-bond donors (Lipinski definition) is 2. The maximum Gasteiger partial charge on any atom is 0.253 e. The first kappa shape index (κ1) is 16.7. The molecule has 5 heteroatoms. The Balaban J connectivity index is 2.27. The van der Waals surface area contributed by atoms with E-state index in [1.165, 1.54) is 4.90 Å². The molecule has 5 nitrogen and oxygen atoms in total. The number of likely N-dealkylation sites (N-methyl/N-ethyl adjacent to an activating group) is 1. The summed E-state index contributed by atoms with van der Waals surface area (Å²) in [5, 5.41) is 10.6. The van der Waals surface area contributed by atoms with Crippen molar-refractivity contribution in [2.45, 2.75) is 18.6 Å². The van der Waals surface area contributed by atoms with Crippen LogP contribution >= 0.6 is 0 Å². The summed E-state index contributed by atoms with van der Waals surface area (Å²) in [6.07, 6.45) is -1.12. The van der Waals surface area contributed by atoms with E-state index in [2.05, 4.69) is 0 Å². The molecule has 2 amide bonds. The molecule has 0 aromatic heterocycles. The van der Waals surface area contributed by atoms with Crippen LogP contribution in [-0.2, 0) is 4.79 Å². The Kier molecular flexibility index (Phi) is 5.49. The van der Waals surface area contributed by atoms with Gasteiger partial charge in [0.25, 0.3) is 5.91 Å². The van der Waals surface area contributed by atoms with Crippen molar-refractivity contribution in [2.24, 2.45) is 5.73 Å². The van der Waals surface area contributed by atoms with E-state index in [4.69, 9.17) is 5.73 Å². The van der Waals surface area contributed by atoms with Gasteiger partial charge < -0.3 is 15.7 Å². The van der Waals surface area contributed by atoms with E-state index in [1.807, 2.05) is 12.1 Å². The Hall–Kier alpha value is -2.66. The summed E-state index contributed by atoms with van der Waals surface area (Å²) in [7, 11) is 1.56. The third-order valence-electron chi connectivity index (χ3n) is 3.75. The van der Waals surface area contributed by atoms with Gasteiger partial charge in [-0.05, 0) is 17.7 Å². The van der Waals surface area contributed by atoms with Crippen molar-refractivity contribution in [2.75, 3.05) is 7.05 Å². The molecule has 2 rings (SSSR count). The largest absolute Gasteiger partial charge is 0.386 e. The highest BCUT2D eigenvalue weighted by Gasteiger charge is 2.30. The predicted octanol–water partition coefficient (Wildman–Crippen LogP) is 1.74. The molecule has 0 saturated carbocycles. The highest BCUT2D eigenvalue weighted by molar-refractivity contribution is 5.94. The van der Waals surface area contributed by atoms with E-state index in [9.17, 15) is 14.7 Å². The minimum Gasteiger partial charge on any atom is -0.386 e. The number of amides is 2. The molecule has 23 heavy (non-hydrogen) atoms. The fourth-order valence-corrected chi connectivity index (χ4v) is 2.47. The Labute approximate surface area is 135 Å². The zero-order valence-corrected chi connectivity index (χ0v) is 12.9. The number of aliphatic hydroxyl groups excluding tert-OH is 1. The second-order valence-corrected chi connectivity index (χ2v) is 5.38. The van der Waals surface area contributed by atoms with Gasteiger partial charge in [-0.1, -0.05) is 48.5 Å². The molecule has 0 aliphatic rings. The standard InChI is InChI=1S/C18H20N2O3/c1-20(18(23)14-10-6-3-7-11-14)15(12-16(19)21)17(22)13-8-4-2-5-9-13/h2-11,15,17,22H,12H2,1H3,(H2,19,21)/t15-,17+/m1/s1. The summed E-state index contributed by atoms with van der Waals surface area (Å²) in [5.74, 6) is -0.843. The van der Waals surface area contributed by atoms with Gasteiger partial charge >= 0.3 is 0 Å². The SMILES string of the molecule is CN(C(=O)c1ccccc1)[C@H](CC(N)=O)[C@@H](O)c1ccccc1. The van der Waals surface area contributed by atoms with Crippen LogP contribution in [0.2, 0.25) is 0 Å². The van der Waals surface area contributed by atoms with Crippen molar-refractivity contribution in [3.63, 3.8) is 0 Å². The first-order chi connectivity index (χ1) is 11.0. The van der Waals surface area contributed by atoms with E-state index in [1.54, 1.807) is 55.6 Å². The molecular weight excluding hydrogens is 292 g/mol. The van der Waals surface area contributed by atoms with Gasteiger partial charge in [0.05, 0.1) is 12.1 Å². The van der Waals surface area contributed by atoms with Gasteiger partial charge in [-0.2, -0.15) is 0 Å². The minimum atomic E-state index is -0.999. The minimum absolute atomic E-state index is 0.120. The van der Waals surface area contributed by atoms with Crippen molar-refractivity contribution in [1.29, 1.82) is 0 Å². The van der Waals surface area contributed by atoms with Crippen molar-refractivity contribution in [3.8, 4) is 0 Å². The highest BCUT2D eigenvalue weighted by atomic mass is 16.3. The lowest BCUT2D eigenvalue weighted by Crippen LogP contribution is -2.43. The van der Waals surface area contributed by atoms with Gasteiger partial charge in [0.1, 0.15) is 0 Å². The lowest BCUT2D eigenvalue weighted by Gasteiger charge is -2.31. The Morgan fingerprint density at radius 1 is 1.04 bits per heavy atom. The van der Waals surface area contributed by atoms with E-state index < -0.39 is 18.1 Å². The van der Waals surface area contributed by atoms with Crippen LogP contribution in [0, 0.1) is 0 Å². The Morgan fingerprint density at radius 2 is 1.57 bits per heavy atom. The van der Waals surface area contributed by atoms with E-state index in [-0.39, 0.29) is 12.3 Å². The zero-order valence-electron chi connectivity index (χ0n) is 12.9. The average Bonchev–Trinajstić information content (AvgIpc) is 2.59. The molecule has 0 unspecified atom stereocenters. The fourth-order valence-electron chi connectivity index (χ4n) is 2.47. The molecule has 2 aromatic carbocycles. The third-order valence-corrected chi connectivity index (χ3v) is 3.75. The summed E-state index contributed by atoms with van der Waals surface area (Å²) in [6, 6.07) is 16.9. The number of carbonyl (C=O) groups is 2. The number of nitrogens with zero attached hydrogens (tertiary/aromatic N) is 1. The second kappa shape index (κ2) is 7.56. The van der Waals surface area contributed by atoms with Gasteiger partial charge in [-0.25, -0.2) is 0 Å². The monoisotopic (exact) mass is 312 g/mol. The van der Waals surface area contributed by atoms with E-state index in [0.29, 0.717) is 11.1 Å². The molecule has 3 N–H and O–H groups in total. The summed E-state index contributed by atoms with van der Waals surface area (Å²) in [6.45, 7) is 0. The number of nitrogens with two attached hydrogens (primary N) is 1. The van der Waals surface area contributed by atoms with Gasteiger partial charge in [0.15, 0.2) is 0 Å². The molecule has 0 heterocycles. The number of rotatable bonds is 6. The number of carbonyl (C=O) groups excluding carboxylic acids is 2. The van der Waals surface area contributed by atoms with Gasteiger partial charge in [-0.3, -0.25) is 9.59 Å². The first-order valence-corrected chi connectivity index (χ1v) is 7.34. The molecule has 0 spiro atoms. The van der Waals surface area contributed by atoms with Gasteiger partial charge in [-0.15, -0.1) is 0 Å². The maximum atomic E-state index is 12.6. The van der Waals surface area contributed by atoms with Crippen LogP contribution in [0.15, 0.2) is 60.7 Å². The van der Waals surface area contributed by atoms with Crippen LogP contribution in [0.4, 0.5) is 0 Å². The molecule has 0 saturated heterocycles. The summed E-state index contributed by atoms with van der Waals surface area (Å²) in [5.41, 5.74) is 6.42. The molecule has 0 aliphatic heterocycles. The maximum absolute atomic E-state index is 12.6. The molecular formula is C18H20N2O3. The fraction of sp³-hybridized carbons (Fsp3) is 0.222. The van der Waals surface area contributed by atoms with Crippen molar-refractivity contribution in [1.82, 2.24) is 4.90 Å². The number of benzene rings is 2. The van der Waals surface area contributed by atoms with Crippen LogP contribution in [-0.4, -0.2) is 34.9 Å². The smallest absolute Gasteiger partial charge is 0.253 e. The molecule has 0 bridgehead atoms. The normalized spacial score (nSPS) is 13.1. The summed E-state index contributed by atoms with van der Waals surface area (Å²) >= 11 is 0. The quantitative estimate of drug-likeness (QED) is 0.852. The zero-order chi connectivity index (χ0) is 16.8. The average molecular weight is 312 g/mol. The first-order valence-electron chi connectivity index (χ1n) is 7.34. The Bertz CT molecular complexity index is 658. The van der Waals surface area contributed by atoms with Crippen LogP contribution in [0.25, 0.3) is 0 Å². The third kappa shape index (κ3) is 4.17. The summed E-state index contributed by atoms with van der Waals surface area (Å²) < 4.78 is 0. The lowest BCUT2D eigenvalue weighted by atomic mass is 9.97. The molecule has 0 fully saturated rings. The second-order valence-electron chi connectivity index (χ2n) is 5.38. The molecule has 0 radical (unpaired) electrons. The molecule has 2 atom stereocenters. The van der Waals surface area contributed by atoms with Crippen molar-refractivity contribution < 1.29 is 14.7 Å². The van der Waals surface area contributed by atoms with E-state index in [0.717, 1.165) is 0 Å². The number of hydrogen-bond acceptors (Lipinski definition) is 3. The van der Waals surface area contributed by atoms with E-state index >= 15 is 0 Å². The predicted molar refractivity (Wildman–Crippen MR) is 87.5 cm³/mol. The van der Waals surface area contributed by atoms with Crippen LogP contribution in [0.5, 0.6) is 0 Å². The van der Waals surface area contributed by atoms with Gasteiger partial charge in [0.2, 0.25) is 5.91 Å². The number of primary amides is 1. The highest BCUT2D eigenvalue weighted by Crippen LogP contribution is 2.23. The Morgan fingerprint density at radius 3 is 2.09 bits per heavy atom.